The molecule has 38 heavy (non-hydrogen) atoms. The van der Waals surface area contributed by atoms with Gasteiger partial charge in [-0.05, 0) is 13.8 Å². The Morgan fingerprint density at radius 2 is 1.79 bits per heavy atom. The first-order valence-electron chi connectivity index (χ1n) is 11.5. The topological polar surface area (TPSA) is 150 Å². The molecule has 3 heterocycles. The maximum Gasteiger partial charge on any atom is 0.490 e. The number of rotatable bonds is 8. The van der Waals surface area contributed by atoms with Crippen LogP contribution in [0.2, 0.25) is 0 Å². The van der Waals surface area contributed by atoms with Gasteiger partial charge < -0.3 is 24.8 Å². The number of carbonyl (C=O) groups is 2. The molecule has 1 aliphatic rings. The summed E-state index contributed by atoms with van der Waals surface area (Å²) in [6.45, 7) is 7.29. The summed E-state index contributed by atoms with van der Waals surface area (Å²) in [5, 5.41) is 10.4. The number of halogens is 3. The van der Waals surface area contributed by atoms with Gasteiger partial charge in [-0.2, -0.15) is 18.2 Å². The number of ether oxygens (including phenoxy) is 2. The molecule has 13 nitrogen and oxygen atoms in total. The van der Waals surface area contributed by atoms with E-state index < -0.39 is 35.9 Å². The number of aromatic nitrogens is 4. The molecule has 0 atom stereocenters. The van der Waals surface area contributed by atoms with Gasteiger partial charge in [0.15, 0.2) is 11.2 Å². The van der Waals surface area contributed by atoms with Gasteiger partial charge in [0, 0.05) is 32.8 Å². The number of carboxylic acid groups (broad SMARTS) is 1. The molecule has 2 N–H and O–H groups in total. The molecule has 0 spiro atoms. The van der Waals surface area contributed by atoms with Gasteiger partial charge in [-0.15, -0.1) is 5.92 Å². The van der Waals surface area contributed by atoms with Gasteiger partial charge >= 0.3 is 23.8 Å². The number of aliphatic carboxylic acids is 1. The lowest BCUT2D eigenvalue weighted by atomic mass is 10.4. The van der Waals surface area contributed by atoms with Crippen LogP contribution >= 0.6 is 0 Å². The van der Waals surface area contributed by atoms with Crippen molar-refractivity contribution in [1.82, 2.24) is 24.0 Å². The molecule has 3 rings (SSSR count). The minimum Gasteiger partial charge on any atom is -0.475 e. The second kappa shape index (κ2) is 13.6. The van der Waals surface area contributed by atoms with Crippen molar-refractivity contribution in [3.05, 3.63) is 20.8 Å². The Kier molecular flexibility index (Phi) is 10.9. The molecule has 0 unspecified atom stereocenters. The fourth-order valence-electron chi connectivity index (χ4n) is 3.53. The first-order valence-corrected chi connectivity index (χ1v) is 11.5. The molecule has 16 heteroatoms. The van der Waals surface area contributed by atoms with Crippen molar-refractivity contribution in [3.63, 3.8) is 0 Å². The first-order chi connectivity index (χ1) is 18.0. The van der Waals surface area contributed by atoms with Crippen molar-refractivity contribution in [2.45, 2.75) is 39.7 Å². The Hall–Kier alpha value is -3.84. The van der Waals surface area contributed by atoms with Crippen LogP contribution in [-0.2, 0) is 38.7 Å². The zero-order valence-electron chi connectivity index (χ0n) is 21.1. The fourth-order valence-corrected chi connectivity index (χ4v) is 3.53. The van der Waals surface area contributed by atoms with Crippen LogP contribution in [0.15, 0.2) is 9.59 Å². The van der Waals surface area contributed by atoms with Crippen molar-refractivity contribution in [3.8, 4) is 11.8 Å². The number of piperazine rings is 1. The summed E-state index contributed by atoms with van der Waals surface area (Å²) in [6.07, 6.45) is -5.08. The largest absolute Gasteiger partial charge is 0.490 e. The summed E-state index contributed by atoms with van der Waals surface area (Å²) < 4.78 is 45.8. The number of anilines is 1. The molecular weight excluding hydrogens is 517 g/mol. The maximum absolute atomic E-state index is 13.3. The van der Waals surface area contributed by atoms with Crippen LogP contribution in [0.4, 0.5) is 19.1 Å². The van der Waals surface area contributed by atoms with Crippen molar-refractivity contribution < 1.29 is 37.3 Å². The summed E-state index contributed by atoms with van der Waals surface area (Å²) in [5.41, 5.74) is -0.718. The number of carbonyl (C=O) groups excluding carboxylic acids is 1. The number of hydrogen-bond donors (Lipinski definition) is 2. The molecule has 2 aromatic rings. The lowest BCUT2D eigenvalue weighted by molar-refractivity contribution is -0.192. The van der Waals surface area contributed by atoms with E-state index in [2.05, 4.69) is 26.8 Å². The summed E-state index contributed by atoms with van der Waals surface area (Å²) >= 11 is 0. The van der Waals surface area contributed by atoms with E-state index in [1.807, 2.05) is 6.92 Å². The van der Waals surface area contributed by atoms with Crippen molar-refractivity contribution in [2.75, 3.05) is 51.4 Å². The highest BCUT2D eigenvalue weighted by atomic mass is 19.4. The number of alkyl halides is 3. The van der Waals surface area contributed by atoms with Gasteiger partial charge in [-0.1, -0.05) is 5.92 Å². The van der Waals surface area contributed by atoms with E-state index in [9.17, 15) is 27.6 Å². The highest BCUT2D eigenvalue weighted by Crippen LogP contribution is 2.20. The van der Waals surface area contributed by atoms with Crippen LogP contribution in [0.1, 0.15) is 13.8 Å². The molecular formula is C22H29F3N6O7. The molecule has 1 saturated heterocycles. The number of fused-ring (bicyclic) bond motifs is 1. The molecule has 0 saturated carbocycles. The Labute approximate surface area is 214 Å². The van der Waals surface area contributed by atoms with E-state index in [4.69, 9.17) is 19.6 Å². The second-order valence-corrected chi connectivity index (χ2v) is 7.74. The van der Waals surface area contributed by atoms with Crippen LogP contribution in [-0.4, -0.2) is 88.4 Å². The molecule has 0 amide bonds. The zero-order chi connectivity index (χ0) is 28.5. The highest BCUT2D eigenvalue weighted by Gasteiger charge is 2.38. The fraction of sp³-hybridized carbons (Fsp3) is 0.591. The molecule has 0 radical (unpaired) electrons. The second-order valence-electron chi connectivity index (χ2n) is 7.74. The Bertz CT molecular complexity index is 1310. The summed E-state index contributed by atoms with van der Waals surface area (Å²) in [6, 6.07) is 0. The molecule has 1 aliphatic heterocycles. The Morgan fingerprint density at radius 3 is 2.32 bits per heavy atom. The number of nitrogens with zero attached hydrogens (tertiary/aromatic N) is 5. The average molecular weight is 547 g/mol. The van der Waals surface area contributed by atoms with Crippen LogP contribution in [0.5, 0.6) is 0 Å². The van der Waals surface area contributed by atoms with E-state index in [0.717, 1.165) is 17.7 Å². The Balaban J connectivity index is 0.000000638. The number of imidazole rings is 1. The van der Waals surface area contributed by atoms with Crippen molar-refractivity contribution in [1.29, 1.82) is 0 Å². The third kappa shape index (κ3) is 7.35. The summed E-state index contributed by atoms with van der Waals surface area (Å²) in [5.74, 6) is 2.97. The van der Waals surface area contributed by atoms with Crippen LogP contribution < -0.4 is 21.5 Å². The molecule has 1 fully saturated rings. The highest BCUT2D eigenvalue weighted by molar-refractivity contribution is 5.76. The monoisotopic (exact) mass is 546 g/mol. The van der Waals surface area contributed by atoms with E-state index in [1.54, 1.807) is 11.5 Å². The van der Waals surface area contributed by atoms with E-state index in [0.29, 0.717) is 25.6 Å². The first kappa shape index (κ1) is 30.4. The Morgan fingerprint density at radius 1 is 1.16 bits per heavy atom. The smallest absolute Gasteiger partial charge is 0.475 e. The SMILES string of the molecule is CC#CCn1c(N2CCNCC2)nc2c1c(=O)n(CC(=O)OC)c(=O)n2CCOCC.O=C(O)C(F)(F)F. The molecule has 0 aromatic carbocycles. The van der Waals surface area contributed by atoms with Crippen LogP contribution in [0.25, 0.3) is 11.2 Å². The zero-order valence-corrected chi connectivity index (χ0v) is 21.1. The molecule has 210 valence electrons. The van der Waals surface area contributed by atoms with Gasteiger partial charge in [0.2, 0.25) is 5.95 Å². The predicted octanol–water partition coefficient (Wildman–Crippen LogP) is -0.365. The summed E-state index contributed by atoms with van der Waals surface area (Å²) in [4.78, 5) is 54.0. The van der Waals surface area contributed by atoms with E-state index in [1.165, 1.54) is 11.7 Å². The van der Waals surface area contributed by atoms with Crippen LogP contribution in [0.3, 0.4) is 0 Å². The minimum absolute atomic E-state index is 0.197. The van der Waals surface area contributed by atoms with Crippen molar-refractivity contribution >= 4 is 29.1 Å². The summed E-state index contributed by atoms with van der Waals surface area (Å²) in [7, 11) is 1.21. The van der Waals surface area contributed by atoms with E-state index in [-0.39, 0.29) is 30.9 Å². The van der Waals surface area contributed by atoms with Gasteiger partial charge in [0.05, 0.1) is 26.8 Å². The number of nitrogens with one attached hydrogen (secondary N) is 1. The lowest BCUT2D eigenvalue weighted by Crippen LogP contribution is -2.44. The number of esters is 1. The number of carboxylic acids is 1. The quantitative estimate of drug-likeness (QED) is 0.255. The third-order valence-corrected chi connectivity index (χ3v) is 5.33. The lowest BCUT2D eigenvalue weighted by Gasteiger charge is -2.28. The average Bonchev–Trinajstić information content (AvgIpc) is 3.26. The van der Waals surface area contributed by atoms with Gasteiger partial charge in [0.1, 0.15) is 6.54 Å². The van der Waals surface area contributed by atoms with Gasteiger partial charge in [-0.3, -0.25) is 18.7 Å². The molecule has 0 bridgehead atoms. The molecule has 0 aliphatic carbocycles. The van der Waals surface area contributed by atoms with Gasteiger partial charge in [0.25, 0.3) is 5.56 Å². The van der Waals surface area contributed by atoms with Crippen LogP contribution in [0, 0.1) is 11.8 Å². The van der Waals surface area contributed by atoms with Gasteiger partial charge in [-0.25, -0.2) is 14.2 Å². The maximum atomic E-state index is 13.3. The normalized spacial score (nSPS) is 13.4. The number of methoxy groups -OCH3 is 1. The van der Waals surface area contributed by atoms with E-state index >= 15 is 0 Å². The predicted molar refractivity (Wildman–Crippen MR) is 129 cm³/mol. The van der Waals surface area contributed by atoms with Crippen molar-refractivity contribution in [2.24, 2.45) is 0 Å². The minimum atomic E-state index is -5.08. The third-order valence-electron chi connectivity index (χ3n) is 5.33. The standard InChI is InChI=1S/C20H28N6O5.C2HF3O2/c1-4-6-9-24-16-17(22-19(24)23-10-7-21-8-11-23)25(12-13-31-5-2)20(29)26(18(16)28)14-15(27)30-3;3-2(4,5)1(6)7/h21H,5,7-14H2,1-3H3;(H,6,7). The molecule has 2 aromatic heterocycles. The number of hydrogen-bond acceptors (Lipinski definition) is 9.